The van der Waals surface area contributed by atoms with Crippen LogP contribution in [0.4, 0.5) is 0 Å². The molecule has 0 atom stereocenters. The van der Waals surface area contributed by atoms with Gasteiger partial charge in [-0.25, -0.2) is 4.98 Å². The van der Waals surface area contributed by atoms with Gasteiger partial charge in [-0.1, -0.05) is 5.16 Å². The zero-order valence-corrected chi connectivity index (χ0v) is 8.47. The summed E-state index contributed by atoms with van der Waals surface area (Å²) in [5.74, 6) is 1.16. The topological polar surface area (TPSA) is 76.8 Å². The molecule has 0 aliphatic rings. The van der Waals surface area contributed by atoms with Crippen molar-refractivity contribution in [2.24, 2.45) is 0 Å². The van der Waals surface area contributed by atoms with E-state index in [1.54, 1.807) is 19.2 Å². The van der Waals surface area contributed by atoms with Crippen molar-refractivity contribution in [1.82, 2.24) is 20.1 Å². The van der Waals surface area contributed by atoms with Crippen LogP contribution in [0.15, 0.2) is 29.0 Å². The minimum Gasteiger partial charge on any atom is -0.481 e. The predicted molar refractivity (Wildman–Crippen MR) is 55.9 cm³/mol. The first kappa shape index (κ1) is 8.90. The molecule has 3 aromatic rings. The molecule has 1 N–H and O–H groups in total. The number of H-pyrrole nitrogens is 1. The van der Waals surface area contributed by atoms with Crippen LogP contribution in [0.2, 0.25) is 0 Å². The number of ether oxygens (including phenoxy) is 1. The second kappa shape index (κ2) is 3.34. The molecular weight excluding hydrogens is 208 g/mol. The molecule has 0 spiro atoms. The fourth-order valence-electron chi connectivity index (χ4n) is 1.44. The lowest BCUT2D eigenvalue weighted by Gasteiger charge is -1.95. The number of fused-ring (bicyclic) bond motifs is 1. The third kappa shape index (κ3) is 1.31. The minimum atomic E-state index is 0.533. The van der Waals surface area contributed by atoms with Gasteiger partial charge in [0.25, 0.3) is 0 Å². The van der Waals surface area contributed by atoms with E-state index >= 15 is 0 Å². The summed E-state index contributed by atoms with van der Waals surface area (Å²) in [6, 6.07) is 5.36. The van der Waals surface area contributed by atoms with E-state index in [1.165, 1.54) is 6.26 Å². The van der Waals surface area contributed by atoms with Crippen molar-refractivity contribution in [3.8, 4) is 17.4 Å². The Morgan fingerprint density at radius 1 is 1.25 bits per heavy atom. The largest absolute Gasteiger partial charge is 0.481 e. The van der Waals surface area contributed by atoms with Gasteiger partial charge in [-0.2, -0.15) is 4.98 Å². The second-order valence-electron chi connectivity index (χ2n) is 3.19. The van der Waals surface area contributed by atoms with Crippen LogP contribution in [0.3, 0.4) is 0 Å². The standard InChI is InChI=1S/C10H8N4O2/c1-15-8-3-2-6-9(12-8)13-10(11-6)7-4-5-16-14-7/h2-5H,1H3,(H,11,12,13). The molecule has 0 saturated carbocycles. The van der Waals surface area contributed by atoms with Crippen molar-refractivity contribution in [3.63, 3.8) is 0 Å². The maximum atomic E-state index is 5.02. The number of hydrogen-bond donors (Lipinski definition) is 1. The van der Waals surface area contributed by atoms with E-state index < -0.39 is 0 Å². The molecule has 0 saturated heterocycles. The molecule has 0 aliphatic carbocycles. The Bertz CT molecular complexity index is 615. The zero-order valence-electron chi connectivity index (χ0n) is 8.47. The van der Waals surface area contributed by atoms with Crippen LogP contribution in [0.25, 0.3) is 22.7 Å². The second-order valence-corrected chi connectivity index (χ2v) is 3.19. The SMILES string of the molecule is COc1ccc2[nH]c(-c3ccon3)nc2n1. The average Bonchev–Trinajstić information content (AvgIpc) is 2.96. The van der Waals surface area contributed by atoms with Gasteiger partial charge in [-0.3, -0.25) is 0 Å². The summed E-state index contributed by atoms with van der Waals surface area (Å²) in [6.45, 7) is 0. The number of nitrogens with one attached hydrogen (secondary N) is 1. The number of pyridine rings is 1. The molecule has 3 aromatic heterocycles. The van der Waals surface area contributed by atoms with E-state index in [9.17, 15) is 0 Å². The lowest BCUT2D eigenvalue weighted by Crippen LogP contribution is -1.86. The van der Waals surface area contributed by atoms with Crippen molar-refractivity contribution >= 4 is 11.2 Å². The van der Waals surface area contributed by atoms with E-state index in [1.807, 2.05) is 6.07 Å². The van der Waals surface area contributed by atoms with Gasteiger partial charge >= 0.3 is 0 Å². The highest BCUT2D eigenvalue weighted by atomic mass is 16.5. The van der Waals surface area contributed by atoms with Crippen molar-refractivity contribution in [3.05, 3.63) is 24.5 Å². The maximum Gasteiger partial charge on any atom is 0.215 e. The van der Waals surface area contributed by atoms with E-state index in [0.29, 0.717) is 23.0 Å². The Hall–Kier alpha value is -2.37. The van der Waals surface area contributed by atoms with Gasteiger partial charge in [-0.15, -0.1) is 0 Å². The molecule has 6 heteroatoms. The molecule has 6 nitrogen and oxygen atoms in total. The Balaban J connectivity index is 2.16. The normalized spacial score (nSPS) is 10.8. The highest BCUT2D eigenvalue weighted by Gasteiger charge is 2.09. The van der Waals surface area contributed by atoms with Gasteiger partial charge in [0, 0.05) is 12.1 Å². The van der Waals surface area contributed by atoms with Gasteiger partial charge in [0.1, 0.15) is 12.0 Å². The maximum absolute atomic E-state index is 5.02. The van der Waals surface area contributed by atoms with Crippen LogP contribution in [0, 0.1) is 0 Å². The number of imidazole rings is 1. The van der Waals surface area contributed by atoms with Gasteiger partial charge in [0.2, 0.25) is 5.88 Å². The molecule has 0 unspecified atom stereocenters. The van der Waals surface area contributed by atoms with Crippen molar-refractivity contribution in [1.29, 1.82) is 0 Å². The molecule has 3 rings (SSSR count). The third-order valence-electron chi connectivity index (χ3n) is 2.21. The fourth-order valence-corrected chi connectivity index (χ4v) is 1.44. The number of nitrogens with zero attached hydrogens (tertiary/aromatic N) is 3. The van der Waals surface area contributed by atoms with Crippen LogP contribution in [-0.2, 0) is 0 Å². The number of aromatic amines is 1. The summed E-state index contributed by atoms with van der Waals surface area (Å²) in [5, 5.41) is 3.80. The summed E-state index contributed by atoms with van der Waals surface area (Å²) in [5.41, 5.74) is 2.08. The zero-order chi connectivity index (χ0) is 11.0. The summed E-state index contributed by atoms with van der Waals surface area (Å²) in [4.78, 5) is 11.6. The van der Waals surface area contributed by atoms with E-state index in [4.69, 9.17) is 9.26 Å². The fraction of sp³-hybridized carbons (Fsp3) is 0.100. The van der Waals surface area contributed by atoms with Crippen LogP contribution in [0.1, 0.15) is 0 Å². The highest BCUT2D eigenvalue weighted by molar-refractivity contribution is 5.75. The summed E-state index contributed by atoms with van der Waals surface area (Å²) >= 11 is 0. The summed E-state index contributed by atoms with van der Waals surface area (Å²) in [7, 11) is 1.57. The molecule has 0 amide bonds. The molecule has 0 radical (unpaired) electrons. The van der Waals surface area contributed by atoms with Gasteiger partial charge in [0.05, 0.1) is 12.6 Å². The van der Waals surface area contributed by atoms with Crippen molar-refractivity contribution < 1.29 is 9.26 Å². The number of hydrogen-bond acceptors (Lipinski definition) is 5. The molecule has 3 heterocycles. The van der Waals surface area contributed by atoms with E-state index in [-0.39, 0.29) is 0 Å². The summed E-state index contributed by atoms with van der Waals surface area (Å²) < 4.78 is 9.78. The lowest BCUT2D eigenvalue weighted by molar-refractivity contribution is 0.399. The molecule has 0 fully saturated rings. The summed E-state index contributed by atoms with van der Waals surface area (Å²) in [6.07, 6.45) is 1.50. The average molecular weight is 216 g/mol. The monoisotopic (exact) mass is 216 g/mol. The highest BCUT2D eigenvalue weighted by Crippen LogP contribution is 2.19. The minimum absolute atomic E-state index is 0.533. The van der Waals surface area contributed by atoms with Crippen LogP contribution < -0.4 is 4.74 Å². The quantitative estimate of drug-likeness (QED) is 0.704. The molecule has 0 bridgehead atoms. The number of rotatable bonds is 2. The van der Waals surface area contributed by atoms with Crippen molar-refractivity contribution in [2.75, 3.05) is 7.11 Å². The Labute approximate surface area is 90.3 Å². The van der Waals surface area contributed by atoms with E-state index in [2.05, 4.69) is 20.1 Å². The van der Waals surface area contributed by atoms with Crippen LogP contribution >= 0.6 is 0 Å². The Morgan fingerprint density at radius 3 is 2.94 bits per heavy atom. The van der Waals surface area contributed by atoms with Crippen LogP contribution in [0.5, 0.6) is 5.88 Å². The first-order chi connectivity index (χ1) is 7.86. The molecule has 16 heavy (non-hydrogen) atoms. The van der Waals surface area contributed by atoms with Gasteiger partial charge in [0.15, 0.2) is 11.5 Å². The van der Waals surface area contributed by atoms with Gasteiger partial charge < -0.3 is 14.2 Å². The smallest absolute Gasteiger partial charge is 0.215 e. The van der Waals surface area contributed by atoms with Crippen LogP contribution in [-0.4, -0.2) is 27.2 Å². The van der Waals surface area contributed by atoms with E-state index in [0.717, 1.165) is 5.52 Å². The van der Waals surface area contributed by atoms with Gasteiger partial charge in [-0.05, 0) is 6.07 Å². The Kier molecular flexibility index (Phi) is 1.86. The van der Waals surface area contributed by atoms with Crippen molar-refractivity contribution in [2.45, 2.75) is 0 Å². The lowest BCUT2D eigenvalue weighted by atomic mass is 10.4. The predicted octanol–water partition coefficient (Wildman–Crippen LogP) is 1.62. The number of aromatic nitrogens is 4. The number of methoxy groups -OCH3 is 1. The first-order valence-corrected chi connectivity index (χ1v) is 4.68. The molecule has 0 aliphatic heterocycles. The molecule has 80 valence electrons. The Morgan fingerprint density at radius 2 is 2.19 bits per heavy atom. The third-order valence-corrected chi connectivity index (χ3v) is 2.21. The molecular formula is C10H8N4O2. The first-order valence-electron chi connectivity index (χ1n) is 4.68. The molecule has 0 aromatic carbocycles.